The Hall–Kier alpha value is -2.92. The van der Waals surface area contributed by atoms with E-state index in [1.54, 1.807) is 4.90 Å². The summed E-state index contributed by atoms with van der Waals surface area (Å²) >= 11 is 1.25. The zero-order chi connectivity index (χ0) is 21.3. The Morgan fingerprint density at radius 2 is 1.90 bits per heavy atom. The van der Waals surface area contributed by atoms with Gasteiger partial charge in [-0.25, -0.2) is 4.99 Å². The van der Waals surface area contributed by atoms with Gasteiger partial charge < -0.3 is 15.5 Å². The van der Waals surface area contributed by atoms with Crippen LogP contribution >= 0.6 is 11.8 Å². The van der Waals surface area contributed by atoms with E-state index >= 15 is 0 Å². The Labute approximate surface area is 176 Å². The summed E-state index contributed by atoms with van der Waals surface area (Å²) in [6.45, 7) is 6.99. The molecule has 0 spiro atoms. The van der Waals surface area contributed by atoms with Crippen LogP contribution in [0.25, 0.3) is 0 Å². The lowest BCUT2D eigenvalue weighted by Crippen LogP contribution is -2.42. The molecule has 0 saturated carbocycles. The van der Waals surface area contributed by atoms with Crippen molar-refractivity contribution < 1.29 is 4.79 Å². The van der Waals surface area contributed by atoms with E-state index in [-0.39, 0.29) is 5.91 Å². The minimum atomic E-state index is -0.426. The first kappa shape index (κ1) is 20.8. The molecule has 0 bridgehead atoms. The molecule has 2 N–H and O–H groups in total. The van der Waals surface area contributed by atoms with Crippen LogP contribution in [0, 0.1) is 11.3 Å². The second-order valence-corrected chi connectivity index (χ2v) is 8.04. The molecule has 2 aliphatic heterocycles. The number of nitrogens with zero attached hydrogens (tertiary/aromatic N) is 5. The van der Waals surface area contributed by atoms with Gasteiger partial charge in [0.05, 0.1) is 17.3 Å². The molecule has 0 unspecified atom stereocenters. The second-order valence-electron chi connectivity index (χ2n) is 7.06. The number of anilines is 1. The summed E-state index contributed by atoms with van der Waals surface area (Å²) < 4.78 is 0. The van der Waals surface area contributed by atoms with Crippen molar-refractivity contribution in [1.29, 1.82) is 5.26 Å². The van der Waals surface area contributed by atoms with Crippen molar-refractivity contribution in [1.82, 2.24) is 9.80 Å². The standard InChI is InChI=1S/C21H26N6OS/c1-6-26(7-2)20(28)17-13(3)24-21-27(19(23)16(12-22)29-21)18(17)14-8-10-15(11-9-14)25(4)5/h8-11,18H,6-7,23H2,1-5H3/t18-/m1/s1. The van der Waals surface area contributed by atoms with E-state index < -0.39 is 6.04 Å². The number of allylic oxidation sites excluding steroid dienone is 2. The molecule has 0 fully saturated rings. The minimum Gasteiger partial charge on any atom is -0.383 e. The normalized spacial score (nSPS) is 18.4. The Morgan fingerprint density at radius 1 is 1.28 bits per heavy atom. The van der Waals surface area contributed by atoms with E-state index in [0.717, 1.165) is 11.3 Å². The monoisotopic (exact) mass is 410 g/mol. The summed E-state index contributed by atoms with van der Waals surface area (Å²) in [5.41, 5.74) is 9.58. The van der Waals surface area contributed by atoms with Crippen LogP contribution in [0.1, 0.15) is 32.4 Å². The number of benzene rings is 1. The van der Waals surface area contributed by atoms with Crippen LogP contribution in [-0.4, -0.2) is 48.1 Å². The predicted octanol–water partition coefficient (Wildman–Crippen LogP) is 3.01. The highest BCUT2D eigenvalue weighted by Crippen LogP contribution is 2.45. The third-order valence-corrected chi connectivity index (χ3v) is 6.16. The van der Waals surface area contributed by atoms with Crippen LogP contribution in [0.3, 0.4) is 0 Å². The van der Waals surface area contributed by atoms with Gasteiger partial charge in [-0.15, -0.1) is 0 Å². The van der Waals surface area contributed by atoms with E-state index in [1.165, 1.54) is 11.8 Å². The van der Waals surface area contributed by atoms with E-state index in [2.05, 4.69) is 11.1 Å². The molecule has 1 atom stereocenters. The molecule has 1 aromatic rings. The summed E-state index contributed by atoms with van der Waals surface area (Å²) in [7, 11) is 3.97. The number of carbonyl (C=O) groups excluding carboxylic acids is 1. The van der Waals surface area contributed by atoms with Gasteiger partial charge in [-0.05, 0) is 50.2 Å². The molecule has 0 aromatic heterocycles. The molecule has 0 saturated heterocycles. The van der Waals surface area contributed by atoms with Crippen molar-refractivity contribution in [2.75, 3.05) is 32.1 Å². The van der Waals surface area contributed by atoms with E-state index in [9.17, 15) is 10.1 Å². The third kappa shape index (κ3) is 3.58. The van der Waals surface area contributed by atoms with Gasteiger partial charge in [0.2, 0.25) is 0 Å². The highest BCUT2D eigenvalue weighted by Gasteiger charge is 2.42. The average Bonchev–Trinajstić information content (AvgIpc) is 3.03. The zero-order valence-corrected chi connectivity index (χ0v) is 18.2. The Balaban J connectivity index is 2.17. The Kier molecular flexibility index (Phi) is 5.89. The number of thioether (sulfide) groups is 1. The number of nitriles is 1. The van der Waals surface area contributed by atoms with E-state index in [0.29, 0.717) is 40.3 Å². The number of carbonyl (C=O) groups is 1. The maximum atomic E-state index is 13.4. The van der Waals surface area contributed by atoms with Crippen LogP contribution in [0.15, 0.2) is 51.3 Å². The third-order valence-electron chi connectivity index (χ3n) is 5.18. The fourth-order valence-corrected chi connectivity index (χ4v) is 4.48. The van der Waals surface area contributed by atoms with Crippen molar-refractivity contribution in [3.63, 3.8) is 0 Å². The highest BCUT2D eigenvalue weighted by atomic mass is 32.2. The molecule has 7 nitrogen and oxygen atoms in total. The SMILES string of the molecule is CCN(CC)C(=O)C1=C(C)N=C2SC(C#N)=C(N)N2[C@@H]1c1ccc(N(C)C)cc1. The van der Waals surface area contributed by atoms with Gasteiger partial charge in [0.1, 0.15) is 16.8 Å². The molecule has 1 amide bonds. The van der Waals surface area contributed by atoms with Gasteiger partial charge in [0, 0.05) is 32.9 Å². The summed E-state index contributed by atoms with van der Waals surface area (Å²) in [5, 5.41) is 10.1. The molecule has 152 valence electrons. The Bertz CT molecular complexity index is 950. The van der Waals surface area contributed by atoms with E-state index in [1.807, 2.05) is 68.9 Å². The van der Waals surface area contributed by atoms with Crippen LogP contribution in [0.2, 0.25) is 0 Å². The van der Waals surface area contributed by atoms with Crippen molar-refractivity contribution in [2.45, 2.75) is 26.8 Å². The number of rotatable bonds is 5. The lowest BCUT2D eigenvalue weighted by Gasteiger charge is -2.37. The average molecular weight is 411 g/mol. The molecule has 29 heavy (non-hydrogen) atoms. The van der Waals surface area contributed by atoms with Gasteiger partial charge in [0.25, 0.3) is 5.91 Å². The number of hydrogen-bond donors (Lipinski definition) is 1. The number of nitrogens with two attached hydrogens (primary N) is 1. The number of likely N-dealkylation sites (N-methyl/N-ethyl adjacent to an activating group) is 1. The van der Waals surface area contributed by atoms with E-state index in [4.69, 9.17) is 5.73 Å². The number of amidine groups is 1. The van der Waals surface area contributed by atoms with Crippen LogP contribution in [0.4, 0.5) is 5.69 Å². The van der Waals surface area contributed by atoms with Crippen LogP contribution < -0.4 is 10.6 Å². The van der Waals surface area contributed by atoms with Crippen molar-refractivity contribution in [3.05, 3.63) is 51.8 Å². The zero-order valence-electron chi connectivity index (χ0n) is 17.4. The van der Waals surface area contributed by atoms with Crippen molar-refractivity contribution >= 4 is 28.5 Å². The Morgan fingerprint density at radius 3 is 2.41 bits per heavy atom. The number of aliphatic imine (C=N–C) groups is 1. The molecule has 1 aromatic carbocycles. The summed E-state index contributed by atoms with van der Waals surface area (Å²) in [4.78, 5) is 24.1. The van der Waals surface area contributed by atoms with Gasteiger partial charge in [-0.2, -0.15) is 5.26 Å². The number of hydrogen-bond acceptors (Lipinski definition) is 7. The van der Waals surface area contributed by atoms with Crippen molar-refractivity contribution in [2.24, 2.45) is 10.7 Å². The van der Waals surface area contributed by atoms with Crippen LogP contribution in [0.5, 0.6) is 0 Å². The quantitative estimate of drug-likeness (QED) is 0.803. The molecule has 0 aliphatic carbocycles. The first-order chi connectivity index (χ1) is 13.8. The number of amides is 1. The second kappa shape index (κ2) is 8.21. The molecule has 0 radical (unpaired) electrons. The summed E-state index contributed by atoms with van der Waals surface area (Å²) in [6.07, 6.45) is 0. The van der Waals surface area contributed by atoms with Crippen LogP contribution in [-0.2, 0) is 4.79 Å². The lowest BCUT2D eigenvalue weighted by atomic mass is 9.93. The molecule has 2 heterocycles. The van der Waals surface area contributed by atoms with Gasteiger partial charge in [0.15, 0.2) is 5.17 Å². The maximum Gasteiger partial charge on any atom is 0.254 e. The van der Waals surface area contributed by atoms with Crippen molar-refractivity contribution in [3.8, 4) is 6.07 Å². The fourth-order valence-electron chi connectivity index (χ4n) is 3.57. The molecule has 2 aliphatic rings. The first-order valence-corrected chi connectivity index (χ1v) is 10.4. The first-order valence-electron chi connectivity index (χ1n) is 9.56. The summed E-state index contributed by atoms with van der Waals surface area (Å²) in [5.74, 6) is 0.287. The van der Waals surface area contributed by atoms with Gasteiger partial charge in [-0.1, -0.05) is 12.1 Å². The largest absolute Gasteiger partial charge is 0.383 e. The molecular weight excluding hydrogens is 384 g/mol. The minimum absolute atomic E-state index is 0.0554. The number of fused-ring (bicyclic) bond motifs is 1. The van der Waals surface area contributed by atoms with Gasteiger partial charge in [-0.3, -0.25) is 9.69 Å². The highest BCUT2D eigenvalue weighted by molar-refractivity contribution is 8.17. The smallest absolute Gasteiger partial charge is 0.254 e. The summed E-state index contributed by atoms with van der Waals surface area (Å²) in [6, 6.07) is 9.77. The molecule has 3 rings (SSSR count). The predicted molar refractivity (Wildman–Crippen MR) is 118 cm³/mol. The topological polar surface area (TPSA) is 89.0 Å². The fraction of sp³-hybridized carbons (Fsp3) is 0.381. The maximum absolute atomic E-state index is 13.4. The molecular formula is C21H26N6OS. The lowest BCUT2D eigenvalue weighted by molar-refractivity contribution is -0.127. The molecule has 8 heteroatoms. The van der Waals surface area contributed by atoms with Gasteiger partial charge >= 0.3 is 0 Å².